The first-order valence-corrected chi connectivity index (χ1v) is 8.00. The fourth-order valence-corrected chi connectivity index (χ4v) is 2.71. The Kier molecular flexibility index (Phi) is 7.05. The molecule has 0 fully saturated rings. The molecule has 0 aliphatic carbocycles. The fraction of sp³-hybridized carbons (Fsp3) is 0.625. The van der Waals surface area contributed by atoms with Gasteiger partial charge in [-0.25, -0.2) is 0 Å². The standard InChI is InChI=1S/C16H27BrN2/c1-5-12(3)11-19(4)16(15(18)6-2)13-7-9-14(17)10-8-13/h7-10,12,15-16H,5-6,11,18H2,1-4H3. The Balaban J connectivity index is 2.91. The summed E-state index contributed by atoms with van der Waals surface area (Å²) in [6.45, 7) is 7.79. The maximum absolute atomic E-state index is 6.35. The van der Waals surface area contributed by atoms with Crippen molar-refractivity contribution in [3.63, 3.8) is 0 Å². The molecule has 1 aromatic carbocycles. The van der Waals surface area contributed by atoms with Crippen molar-refractivity contribution in [3.8, 4) is 0 Å². The number of nitrogens with zero attached hydrogens (tertiary/aromatic N) is 1. The van der Waals surface area contributed by atoms with Crippen molar-refractivity contribution in [2.24, 2.45) is 11.7 Å². The highest BCUT2D eigenvalue weighted by atomic mass is 79.9. The van der Waals surface area contributed by atoms with Crippen LogP contribution in [-0.2, 0) is 0 Å². The average Bonchev–Trinajstić information content (AvgIpc) is 2.40. The van der Waals surface area contributed by atoms with Crippen LogP contribution in [0.3, 0.4) is 0 Å². The summed E-state index contributed by atoms with van der Waals surface area (Å²) in [6.07, 6.45) is 2.20. The Labute approximate surface area is 126 Å². The molecule has 0 amide bonds. The molecule has 0 aromatic heterocycles. The van der Waals surface area contributed by atoms with Crippen LogP contribution < -0.4 is 5.73 Å². The van der Waals surface area contributed by atoms with Gasteiger partial charge in [-0.15, -0.1) is 0 Å². The lowest BCUT2D eigenvalue weighted by molar-refractivity contribution is 0.182. The van der Waals surface area contributed by atoms with E-state index in [0.29, 0.717) is 12.0 Å². The first-order valence-electron chi connectivity index (χ1n) is 7.20. The van der Waals surface area contributed by atoms with E-state index < -0.39 is 0 Å². The second-order valence-corrected chi connectivity index (χ2v) is 6.44. The van der Waals surface area contributed by atoms with Crippen molar-refractivity contribution < 1.29 is 0 Å². The van der Waals surface area contributed by atoms with Crippen LogP contribution in [-0.4, -0.2) is 24.5 Å². The lowest BCUT2D eigenvalue weighted by atomic mass is 9.95. The average molecular weight is 327 g/mol. The van der Waals surface area contributed by atoms with Crippen LogP contribution in [0.4, 0.5) is 0 Å². The number of hydrogen-bond donors (Lipinski definition) is 1. The summed E-state index contributed by atoms with van der Waals surface area (Å²) in [4.78, 5) is 2.41. The number of hydrogen-bond acceptors (Lipinski definition) is 2. The number of likely N-dealkylation sites (N-methyl/N-ethyl adjacent to an activating group) is 1. The molecule has 0 aliphatic heterocycles. The molecule has 0 saturated heterocycles. The number of benzene rings is 1. The van der Waals surface area contributed by atoms with Gasteiger partial charge in [0.15, 0.2) is 0 Å². The first-order chi connectivity index (χ1) is 8.99. The molecular formula is C16H27BrN2. The minimum absolute atomic E-state index is 0.176. The summed E-state index contributed by atoms with van der Waals surface area (Å²) < 4.78 is 1.12. The lowest BCUT2D eigenvalue weighted by Crippen LogP contribution is -2.40. The van der Waals surface area contributed by atoms with Gasteiger partial charge in [0.05, 0.1) is 0 Å². The monoisotopic (exact) mass is 326 g/mol. The van der Waals surface area contributed by atoms with Gasteiger partial charge in [0.1, 0.15) is 0 Å². The molecule has 0 spiro atoms. The summed E-state index contributed by atoms with van der Waals surface area (Å²) in [6, 6.07) is 9.03. The summed E-state index contributed by atoms with van der Waals surface area (Å²) in [7, 11) is 2.19. The van der Waals surface area contributed by atoms with E-state index in [2.05, 4.69) is 72.9 Å². The zero-order valence-corrected chi connectivity index (χ0v) is 14.2. The van der Waals surface area contributed by atoms with Crippen LogP contribution in [0, 0.1) is 5.92 Å². The van der Waals surface area contributed by atoms with Crippen molar-refractivity contribution in [1.82, 2.24) is 4.90 Å². The highest BCUT2D eigenvalue weighted by Crippen LogP contribution is 2.26. The Bertz CT molecular complexity index is 364. The van der Waals surface area contributed by atoms with Gasteiger partial charge in [-0.05, 0) is 37.1 Å². The molecule has 0 heterocycles. The van der Waals surface area contributed by atoms with Crippen molar-refractivity contribution >= 4 is 15.9 Å². The van der Waals surface area contributed by atoms with E-state index in [1.165, 1.54) is 12.0 Å². The summed E-state index contributed by atoms with van der Waals surface area (Å²) in [5.74, 6) is 0.701. The van der Waals surface area contributed by atoms with Crippen molar-refractivity contribution in [1.29, 1.82) is 0 Å². The largest absolute Gasteiger partial charge is 0.326 e. The third-order valence-corrected chi connectivity index (χ3v) is 4.39. The van der Waals surface area contributed by atoms with Crippen LogP contribution >= 0.6 is 15.9 Å². The van der Waals surface area contributed by atoms with Gasteiger partial charge in [-0.2, -0.15) is 0 Å². The number of nitrogens with two attached hydrogens (primary N) is 1. The molecule has 3 atom stereocenters. The predicted molar refractivity (Wildman–Crippen MR) is 87.2 cm³/mol. The van der Waals surface area contributed by atoms with Crippen LogP contribution in [0.2, 0.25) is 0 Å². The molecule has 0 aliphatic rings. The maximum atomic E-state index is 6.35. The second kappa shape index (κ2) is 8.03. The molecule has 3 unspecified atom stereocenters. The van der Waals surface area contributed by atoms with Gasteiger partial charge >= 0.3 is 0 Å². The van der Waals surface area contributed by atoms with Crippen molar-refractivity contribution in [2.45, 2.75) is 45.7 Å². The van der Waals surface area contributed by atoms with E-state index >= 15 is 0 Å². The number of rotatable bonds is 7. The van der Waals surface area contributed by atoms with E-state index in [1.807, 2.05) is 0 Å². The van der Waals surface area contributed by atoms with Gasteiger partial charge in [-0.1, -0.05) is 55.3 Å². The Morgan fingerprint density at radius 1 is 1.16 bits per heavy atom. The van der Waals surface area contributed by atoms with E-state index in [4.69, 9.17) is 5.73 Å². The van der Waals surface area contributed by atoms with Crippen molar-refractivity contribution in [3.05, 3.63) is 34.3 Å². The summed E-state index contributed by atoms with van der Waals surface area (Å²) in [5, 5.41) is 0. The minimum Gasteiger partial charge on any atom is -0.326 e. The normalized spacial score (nSPS) is 16.4. The molecule has 108 valence electrons. The van der Waals surface area contributed by atoms with Crippen LogP contribution in [0.15, 0.2) is 28.7 Å². The Hall–Kier alpha value is -0.380. The first kappa shape index (κ1) is 16.7. The van der Waals surface area contributed by atoms with E-state index in [1.54, 1.807) is 0 Å². The molecule has 2 nitrogen and oxygen atoms in total. The Morgan fingerprint density at radius 2 is 1.74 bits per heavy atom. The fourth-order valence-electron chi connectivity index (χ4n) is 2.45. The quantitative estimate of drug-likeness (QED) is 0.813. The molecule has 1 rings (SSSR count). The van der Waals surface area contributed by atoms with Crippen LogP contribution in [0.5, 0.6) is 0 Å². The summed E-state index contributed by atoms with van der Waals surface area (Å²) >= 11 is 3.49. The number of halogens is 1. The molecule has 1 aromatic rings. The van der Waals surface area contributed by atoms with Crippen LogP contribution in [0.1, 0.15) is 45.2 Å². The highest BCUT2D eigenvalue weighted by molar-refractivity contribution is 9.10. The molecule has 19 heavy (non-hydrogen) atoms. The molecule has 0 bridgehead atoms. The third kappa shape index (κ3) is 4.90. The molecular weight excluding hydrogens is 300 g/mol. The molecule has 0 saturated carbocycles. The van der Waals surface area contributed by atoms with E-state index in [9.17, 15) is 0 Å². The maximum Gasteiger partial charge on any atom is 0.0496 e. The van der Waals surface area contributed by atoms with Gasteiger partial charge < -0.3 is 5.73 Å². The van der Waals surface area contributed by atoms with Crippen LogP contribution in [0.25, 0.3) is 0 Å². The zero-order chi connectivity index (χ0) is 14.4. The highest BCUT2D eigenvalue weighted by Gasteiger charge is 2.23. The van der Waals surface area contributed by atoms with Gasteiger partial charge in [-0.3, -0.25) is 4.90 Å². The van der Waals surface area contributed by atoms with E-state index in [0.717, 1.165) is 17.4 Å². The molecule has 3 heteroatoms. The summed E-state index contributed by atoms with van der Waals surface area (Å²) in [5.41, 5.74) is 7.66. The van der Waals surface area contributed by atoms with Gasteiger partial charge in [0.25, 0.3) is 0 Å². The minimum atomic E-state index is 0.176. The molecule has 2 N–H and O–H groups in total. The lowest BCUT2D eigenvalue weighted by Gasteiger charge is -2.34. The molecule has 0 radical (unpaired) electrons. The SMILES string of the molecule is CCC(C)CN(C)C(c1ccc(Br)cc1)C(N)CC. The predicted octanol–water partition coefficient (Wildman–Crippen LogP) is 4.21. The Morgan fingerprint density at radius 3 is 2.21 bits per heavy atom. The van der Waals surface area contributed by atoms with E-state index in [-0.39, 0.29) is 6.04 Å². The second-order valence-electron chi connectivity index (χ2n) is 5.52. The van der Waals surface area contributed by atoms with Gasteiger partial charge in [0, 0.05) is 23.1 Å². The topological polar surface area (TPSA) is 29.3 Å². The van der Waals surface area contributed by atoms with Crippen molar-refractivity contribution in [2.75, 3.05) is 13.6 Å². The zero-order valence-electron chi connectivity index (χ0n) is 12.6. The third-order valence-electron chi connectivity index (χ3n) is 3.86. The van der Waals surface area contributed by atoms with Gasteiger partial charge in [0.2, 0.25) is 0 Å². The smallest absolute Gasteiger partial charge is 0.0496 e.